The van der Waals surface area contributed by atoms with Gasteiger partial charge in [-0.1, -0.05) is 60.7 Å². The molecular formula is C22H26N2O. The molecule has 3 nitrogen and oxygen atoms in total. The van der Waals surface area contributed by atoms with Crippen LogP contribution in [0.3, 0.4) is 0 Å². The average Bonchev–Trinajstić information content (AvgIpc) is 2.62. The molecule has 2 aromatic rings. The summed E-state index contributed by atoms with van der Waals surface area (Å²) in [5.74, 6) is -0.0532. The summed E-state index contributed by atoms with van der Waals surface area (Å²) in [5, 5.41) is 2.92. The number of amides is 1. The Balaban J connectivity index is 2.20. The molecule has 0 radical (unpaired) electrons. The third kappa shape index (κ3) is 5.64. The molecule has 1 N–H and O–H groups in total. The van der Waals surface area contributed by atoms with Crippen molar-refractivity contribution in [3.05, 3.63) is 71.8 Å². The van der Waals surface area contributed by atoms with Crippen molar-refractivity contribution in [2.45, 2.75) is 20.8 Å². The van der Waals surface area contributed by atoms with Crippen LogP contribution in [-0.2, 0) is 4.79 Å². The van der Waals surface area contributed by atoms with Gasteiger partial charge in [-0.25, -0.2) is 0 Å². The number of hydrogen-bond acceptors (Lipinski definition) is 2. The lowest BCUT2D eigenvalue weighted by atomic mass is 10.1. The van der Waals surface area contributed by atoms with E-state index in [0.29, 0.717) is 0 Å². The molecule has 0 saturated carbocycles. The molecule has 130 valence electrons. The van der Waals surface area contributed by atoms with Gasteiger partial charge in [-0.15, -0.1) is 0 Å². The molecule has 0 aliphatic carbocycles. The quantitative estimate of drug-likeness (QED) is 0.704. The van der Waals surface area contributed by atoms with Gasteiger partial charge in [0.1, 0.15) is 0 Å². The van der Waals surface area contributed by atoms with Crippen molar-refractivity contribution in [1.82, 2.24) is 0 Å². The van der Waals surface area contributed by atoms with Crippen molar-refractivity contribution in [1.29, 1.82) is 0 Å². The summed E-state index contributed by atoms with van der Waals surface area (Å²) < 4.78 is 0. The molecule has 0 aliphatic rings. The summed E-state index contributed by atoms with van der Waals surface area (Å²) in [6.45, 7) is 7.56. The fraction of sp³-hybridized carbons (Fsp3) is 0.227. The highest BCUT2D eigenvalue weighted by molar-refractivity contribution is 5.93. The molecule has 0 fully saturated rings. The van der Waals surface area contributed by atoms with Crippen LogP contribution in [0.4, 0.5) is 11.4 Å². The zero-order valence-corrected chi connectivity index (χ0v) is 15.2. The van der Waals surface area contributed by atoms with E-state index in [2.05, 4.69) is 54.4 Å². The third-order valence-corrected chi connectivity index (χ3v) is 3.92. The van der Waals surface area contributed by atoms with Crippen molar-refractivity contribution >= 4 is 29.4 Å². The second-order valence-electron chi connectivity index (χ2n) is 5.76. The number of benzene rings is 2. The lowest BCUT2D eigenvalue weighted by molar-refractivity contribution is -0.114. The maximum absolute atomic E-state index is 11.4. The summed E-state index contributed by atoms with van der Waals surface area (Å²) in [7, 11) is 0. The highest BCUT2D eigenvalue weighted by Crippen LogP contribution is 2.28. The maximum Gasteiger partial charge on any atom is 0.221 e. The van der Waals surface area contributed by atoms with Gasteiger partial charge in [0.15, 0.2) is 0 Å². The first-order valence-electron chi connectivity index (χ1n) is 8.70. The van der Waals surface area contributed by atoms with Crippen LogP contribution in [0.1, 0.15) is 31.9 Å². The van der Waals surface area contributed by atoms with E-state index in [4.69, 9.17) is 0 Å². The number of nitrogens with zero attached hydrogens (tertiary/aromatic N) is 1. The Morgan fingerprint density at radius 1 is 0.960 bits per heavy atom. The van der Waals surface area contributed by atoms with Crippen LogP contribution < -0.4 is 10.2 Å². The van der Waals surface area contributed by atoms with Crippen molar-refractivity contribution < 1.29 is 4.79 Å². The van der Waals surface area contributed by atoms with Crippen LogP contribution in [0.2, 0.25) is 0 Å². The summed E-state index contributed by atoms with van der Waals surface area (Å²) in [5.41, 5.74) is 4.19. The molecule has 0 bridgehead atoms. The second-order valence-corrected chi connectivity index (χ2v) is 5.76. The van der Waals surface area contributed by atoms with Crippen molar-refractivity contribution in [2.24, 2.45) is 0 Å². The van der Waals surface area contributed by atoms with Crippen molar-refractivity contribution in [3.63, 3.8) is 0 Å². The van der Waals surface area contributed by atoms with Crippen LogP contribution >= 0.6 is 0 Å². The number of hydrogen-bond donors (Lipinski definition) is 1. The monoisotopic (exact) mass is 334 g/mol. The average molecular weight is 334 g/mol. The summed E-state index contributed by atoms with van der Waals surface area (Å²) in [6.07, 6.45) is 8.22. The number of allylic oxidation sites excluding steroid dienone is 2. The van der Waals surface area contributed by atoms with Gasteiger partial charge in [0.05, 0.1) is 11.4 Å². The van der Waals surface area contributed by atoms with Crippen LogP contribution in [0.5, 0.6) is 0 Å². The van der Waals surface area contributed by atoms with Gasteiger partial charge in [-0.3, -0.25) is 4.79 Å². The molecule has 0 aliphatic heterocycles. The lowest BCUT2D eigenvalue weighted by Gasteiger charge is -2.24. The van der Waals surface area contributed by atoms with Gasteiger partial charge < -0.3 is 10.2 Å². The Kier molecular flexibility index (Phi) is 7.02. The highest BCUT2D eigenvalue weighted by atomic mass is 16.1. The van der Waals surface area contributed by atoms with E-state index < -0.39 is 0 Å². The molecule has 0 saturated heterocycles. The Morgan fingerprint density at radius 3 is 2.20 bits per heavy atom. The summed E-state index contributed by atoms with van der Waals surface area (Å²) in [4.78, 5) is 13.7. The third-order valence-electron chi connectivity index (χ3n) is 3.92. The van der Waals surface area contributed by atoms with E-state index in [1.54, 1.807) is 0 Å². The number of anilines is 2. The molecule has 2 rings (SSSR count). The van der Waals surface area contributed by atoms with Crippen LogP contribution in [-0.4, -0.2) is 19.0 Å². The molecule has 2 aromatic carbocycles. The Hall–Kier alpha value is -2.81. The Morgan fingerprint density at radius 2 is 1.60 bits per heavy atom. The predicted octanol–water partition coefficient (Wildman–Crippen LogP) is 5.22. The van der Waals surface area contributed by atoms with E-state index in [1.165, 1.54) is 12.5 Å². The molecule has 0 heterocycles. The zero-order chi connectivity index (χ0) is 18.1. The molecule has 1 amide bonds. The van der Waals surface area contributed by atoms with Crippen molar-refractivity contribution in [2.75, 3.05) is 23.3 Å². The minimum atomic E-state index is -0.0532. The van der Waals surface area contributed by atoms with Crippen LogP contribution in [0.15, 0.2) is 60.7 Å². The van der Waals surface area contributed by atoms with Crippen LogP contribution in [0.25, 0.3) is 12.2 Å². The Labute approximate surface area is 150 Å². The number of nitrogens with one attached hydrogen (secondary N) is 1. The minimum Gasteiger partial charge on any atom is -0.370 e. The van der Waals surface area contributed by atoms with Gasteiger partial charge >= 0.3 is 0 Å². The van der Waals surface area contributed by atoms with Gasteiger partial charge in [0, 0.05) is 20.0 Å². The zero-order valence-electron chi connectivity index (χ0n) is 15.2. The van der Waals surface area contributed by atoms with Crippen LogP contribution in [0, 0.1) is 0 Å². The second kappa shape index (κ2) is 9.48. The first-order chi connectivity index (χ1) is 12.1. The maximum atomic E-state index is 11.4. The number of rotatable bonds is 7. The van der Waals surface area contributed by atoms with E-state index in [9.17, 15) is 4.79 Å². The molecule has 3 heteroatoms. The fourth-order valence-electron chi connectivity index (χ4n) is 2.67. The van der Waals surface area contributed by atoms with E-state index in [-0.39, 0.29) is 5.91 Å². The minimum absolute atomic E-state index is 0.0532. The molecule has 0 atom stereocenters. The highest BCUT2D eigenvalue weighted by Gasteiger charge is 2.10. The molecule has 25 heavy (non-hydrogen) atoms. The smallest absolute Gasteiger partial charge is 0.221 e. The summed E-state index contributed by atoms with van der Waals surface area (Å²) >= 11 is 0. The van der Waals surface area contributed by atoms with Gasteiger partial charge in [0.25, 0.3) is 0 Å². The first-order valence-corrected chi connectivity index (χ1v) is 8.70. The van der Waals surface area contributed by atoms with Gasteiger partial charge in [-0.05, 0) is 37.1 Å². The lowest BCUT2D eigenvalue weighted by Crippen LogP contribution is -2.23. The van der Waals surface area contributed by atoms with Crippen molar-refractivity contribution in [3.8, 4) is 0 Å². The largest absolute Gasteiger partial charge is 0.370 e. The van der Waals surface area contributed by atoms with Gasteiger partial charge in [-0.2, -0.15) is 0 Å². The van der Waals surface area contributed by atoms with E-state index in [0.717, 1.165) is 30.0 Å². The standard InChI is InChI=1S/C22H26N2O/c1-4-24(5-2)22-17-20(15-16-21(22)23-18(3)25)14-10-9-13-19-11-7-6-8-12-19/h6-17H,4-5H2,1-3H3,(H,23,25)/b13-9+,14-10+. The molecule has 0 spiro atoms. The number of carbonyl (C=O) groups excluding carboxylic acids is 1. The SMILES string of the molecule is CCN(CC)c1cc(/C=C/C=C/c2ccccc2)ccc1NC(C)=O. The normalized spacial score (nSPS) is 11.2. The molecule has 0 unspecified atom stereocenters. The summed E-state index contributed by atoms with van der Waals surface area (Å²) in [6, 6.07) is 16.3. The first kappa shape index (κ1) is 18.5. The fourth-order valence-corrected chi connectivity index (χ4v) is 2.67. The molecule has 0 aromatic heterocycles. The predicted molar refractivity (Wildman–Crippen MR) is 109 cm³/mol. The molecular weight excluding hydrogens is 308 g/mol. The van der Waals surface area contributed by atoms with E-state index in [1.807, 2.05) is 42.5 Å². The van der Waals surface area contributed by atoms with Gasteiger partial charge in [0.2, 0.25) is 5.91 Å². The Bertz CT molecular complexity index is 744. The number of carbonyl (C=O) groups is 1. The topological polar surface area (TPSA) is 32.3 Å². The van der Waals surface area contributed by atoms with E-state index >= 15 is 0 Å².